The third kappa shape index (κ3) is 4.86. The molecular formula is C20H25N3O4S. The molecule has 1 N–H and O–H groups in total. The predicted molar refractivity (Wildman–Crippen MR) is 110 cm³/mol. The summed E-state index contributed by atoms with van der Waals surface area (Å²) in [5.41, 5.74) is 2.42. The number of imide groups is 1. The molecule has 0 radical (unpaired) electrons. The van der Waals surface area contributed by atoms with Crippen LogP contribution in [0, 0.1) is 6.92 Å². The van der Waals surface area contributed by atoms with Gasteiger partial charge in [-0.1, -0.05) is 11.6 Å². The molecule has 0 spiro atoms. The van der Waals surface area contributed by atoms with E-state index in [9.17, 15) is 14.4 Å². The summed E-state index contributed by atoms with van der Waals surface area (Å²) in [6.45, 7) is 10.0. The van der Waals surface area contributed by atoms with E-state index < -0.39 is 5.60 Å². The van der Waals surface area contributed by atoms with Crippen LogP contribution < -0.4 is 10.2 Å². The molecular weight excluding hydrogens is 378 g/mol. The zero-order chi connectivity index (χ0) is 20.5. The zero-order valence-electron chi connectivity index (χ0n) is 16.6. The number of aryl methyl sites for hydroxylation is 1. The van der Waals surface area contributed by atoms with E-state index in [1.54, 1.807) is 11.0 Å². The van der Waals surface area contributed by atoms with Crippen molar-refractivity contribution in [1.82, 2.24) is 10.2 Å². The van der Waals surface area contributed by atoms with Crippen molar-refractivity contribution in [1.29, 1.82) is 0 Å². The van der Waals surface area contributed by atoms with Crippen molar-refractivity contribution in [2.75, 3.05) is 31.1 Å². The number of rotatable bonds is 2. The lowest BCUT2D eigenvalue weighted by molar-refractivity contribution is -0.115. The van der Waals surface area contributed by atoms with Gasteiger partial charge in [0.05, 0.1) is 4.91 Å². The summed E-state index contributed by atoms with van der Waals surface area (Å²) < 4.78 is 5.45. The number of nitrogens with zero attached hydrogens (tertiary/aromatic N) is 2. The minimum absolute atomic E-state index is 0.295. The summed E-state index contributed by atoms with van der Waals surface area (Å²) >= 11 is 0.913. The molecule has 3 rings (SSSR count). The highest BCUT2D eigenvalue weighted by molar-refractivity contribution is 8.18. The molecule has 2 heterocycles. The molecule has 150 valence electrons. The first-order valence-corrected chi connectivity index (χ1v) is 10.0. The van der Waals surface area contributed by atoms with Gasteiger partial charge < -0.3 is 14.5 Å². The Morgan fingerprint density at radius 1 is 1.18 bits per heavy atom. The fourth-order valence-electron chi connectivity index (χ4n) is 3.10. The van der Waals surface area contributed by atoms with Crippen LogP contribution in [0.2, 0.25) is 0 Å². The molecule has 2 fully saturated rings. The topological polar surface area (TPSA) is 79.0 Å². The average molecular weight is 404 g/mol. The molecule has 2 aliphatic rings. The van der Waals surface area contributed by atoms with Crippen molar-refractivity contribution in [3.8, 4) is 0 Å². The molecule has 0 atom stereocenters. The van der Waals surface area contributed by atoms with Crippen molar-refractivity contribution >= 4 is 40.8 Å². The number of thioether (sulfide) groups is 1. The molecule has 0 aromatic heterocycles. The first kappa shape index (κ1) is 20.3. The molecule has 0 bridgehead atoms. The number of nitrogens with one attached hydrogen (secondary N) is 1. The Labute approximate surface area is 169 Å². The Bertz CT molecular complexity index is 836. The van der Waals surface area contributed by atoms with Gasteiger partial charge in [0.1, 0.15) is 5.60 Å². The lowest BCUT2D eigenvalue weighted by atomic mass is 10.1. The van der Waals surface area contributed by atoms with Crippen molar-refractivity contribution in [2.45, 2.75) is 33.3 Å². The van der Waals surface area contributed by atoms with Gasteiger partial charge in [-0.2, -0.15) is 0 Å². The number of anilines is 1. The highest BCUT2D eigenvalue weighted by Crippen LogP contribution is 2.31. The lowest BCUT2D eigenvalue weighted by Crippen LogP contribution is -2.50. The smallest absolute Gasteiger partial charge is 0.410 e. The van der Waals surface area contributed by atoms with Crippen LogP contribution in [0.25, 0.3) is 6.08 Å². The number of carbonyl (C=O) groups is 3. The van der Waals surface area contributed by atoms with Crippen LogP contribution in [0.1, 0.15) is 31.9 Å². The Morgan fingerprint density at radius 3 is 2.43 bits per heavy atom. The predicted octanol–water partition coefficient (Wildman–Crippen LogP) is 3.38. The molecule has 1 aromatic rings. The summed E-state index contributed by atoms with van der Waals surface area (Å²) in [5.74, 6) is -0.364. The second-order valence-corrected chi connectivity index (χ2v) is 8.88. The van der Waals surface area contributed by atoms with E-state index in [0.29, 0.717) is 31.1 Å². The molecule has 2 saturated heterocycles. The van der Waals surface area contributed by atoms with Crippen LogP contribution in [0.4, 0.5) is 15.3 Å². The Balaban J connectivity index is 1.75. The molecule has 0 saturated carbocycles. The van der Waals surface area contributed by atoms with Crippen molar-refractivity contribution in [2.24, 2.45) is 0 Å². The number of carbonyl (C=O) groups excluding carboxylic acids is 3. The highest BCUT2D eigenvalue weighted by Gasteiger charge is 2.28. The van der Waals surface area contributed by atoms with Gasteiger partial charge in [-0.15, -0.1) is 0 Å². The van der Waals surface area contributed by atoms with Crippen LogP contribution in [-0.4, -0.2) is 53.9 Å². The second kappa shape index (κ2) is 7.87. The summed E-state index contributed by atoms with van der Waals surface area (Å²) in [7, 11) is 0. The summed E-state index contributed by atoms with van der Waals surface area (Å²) in [4.78, 5) is 39.9. The first-order valence-electron chi connectivity index (χ1n) is 9.21. The van der Waals surface area contributed by atoms with Gasteiger partial charge >= 0.3 is 6.09 Å². The number of ether oxygens (including phenoxy) is 1. The Morgan fingerprint density at radius 2 is 1.86 bits per heavy atom. The molecule has 28 heavy (non-hydrogen) atoms. The minimum atomic E-state index is -0.512. The first-order chi connectivity index (χ1) is 13.1. The van der Waals surface area contributed by atoms with Crippen molar-refractivity contribution < 1.29 is 19.1 Å². The molecule has 2 aliphatic heterocycles. The molecule has 8 heteroatoms. The van der Waals surface area contributed by atoms with E-state index in [2.05, 4.69) is 10.2 Å². The van der Waals surface area contributed by atoms with Crippen LogP contribution in [0.3, 0.4) is 0 Å². The maximum atomic E-state index is 12.3. The third-order valence-corrected chi connectivity index (χ3v) is 5.19. The van der Waals surface area contributed by atoms with Gasteiger partial charge in [0, 0.05) is 31.9 Å². The SMILES string of the molecule is Cc1ccc(N2CCN(C(=O)OC(C)(C)C)CC2)c(/C=C2\SC(=O)NC2=O)c1. The van der Waals surface area contributed by atoms with E-state index in [1.165, 1.54) is 0 Å². The Kier molecular flexibility index (Phi) is 5.69. The van der Waals surface area contributed by atoms with E-state index in [4.69, 9.17) is 4.74 Å². The Hall–Kier alpha value is -2.48. The maximum absolute atomic E-state index is 12.3. The molecule has 3 amide bonds. The third-order valence-electron chi connectivity index (χ3n) is 4.38. The van der Waals surface area contributed by atoms with Crippen molar-refractivity contribution in [3.05, 3.63) is 34.2 Å². The van der Waals surface area contributed by atoms with Crippen LogP contribution in [0.5, 0.6) is 0 Å². The molecule has 7 nitrogen and oxygen atoms in total. The number of benzene rings is 1. The lowest BCUT2D eigenvalue weighted by Gasteiger charge is -2.37. The monoisotopic (exact) mass is 403 g/mol. The van der Waals surface area contributed by atoms with Crippen LogP contribution >= 0.6 is 11.8 Å². The van der Waals surface area contributed by atoms with E-state index in [-0.39, 0.29) is 17.2 Å². The minimum Gasteiger partial charge on any atom is -0.444 e. The fourth-order valence-corrected chi connectivity index (χ4v) is 3.77. The quantitative estimate of drug-likeness (QED) is 0.763. The zero-order valence-corrected chi connectivity index (χ0v) is 17.4. The molecule has 0 unspecified atom stereocenters. The molecule has 0 aliphatic carbocycles. The van der Waals surface area contributed by atoms with E-state index in [1.807, 2.05) is 45.9 Å². The summed E-state index contributed by atoms with van der Waals surface area (Å²) in [6.07, 6.45) is 1.46. The maximum Gasteiger partial charge on any atom is 0.410 e. The van der Waals surface area contributed by atoms with Gasteiger partial charge in [0.15, 0.2) is 0 Å². The normalized spacial score (nSPS) is 19.2. The average Bonchev–Trinajstić information content (AvgIpc) is 2.91. The van der Waals surface area contributed by atoms with E-state index in [0.717, 1.165) is 28.6 Å². The van der Waals surface area contributed by atoms with Gasteiger partial charge in [-0.05, 0) is 63.2 Å². The van der Waals surface area contributed by atoms with Crippen molar-refractivity contribution in [3.63, 3.8) is 0 Å². The molecule has 1 aromatic carbocycles. The van der Waals surface area contributed by atoms with Gasteiger partial charge in [0.25, 0.3) is 11.1 Å². The number of hydrogen-bond acceptors (Lipinski definition) is 6. The van der Waals surface area contributed by atoms with E-state index >= 15 is 0 Å². The van der Waals surface area contributed by atoms with Crippen LogP contribution in [0.15, 0.2) is 23.1 Å². The standard InChI is InChI=1S/C20H25N3O4S/c1-13-5-6-15(14(11-13)12-16-17(24)21-18(25)28-16)22-7-9-23(10-8-22)19(26)27-20(2,3)4/h5-6,11-12H,7-10H2,1-4H3,(H,21,24,25)/b16-12-. The van der Waals surface area contributed by atoms with Gasteiger partial charge in [0.2, 0.25) is 0 Å². The van der Waals surface area contributed by atoms with Gasteiger partial charge in [-0.3, -0.25) is 14.9 Å². The summed E-state index contributed by atoms with van der Waals surface area (Å²) in [5, 5.41) is 1.93. The van der Waals surface area contributed by atoms with Gasteiger partial charge in [-0.25, -0.2) is 4.79 Å². The van der Waals surface area contributed by atoms with Crippen LogP contribution in [-0.2, 0) is 9.53 Å². The largest absolute Gasteiger partial charge is 0.444 e. The number of piperazine rings is 1. The second-order valence-electron chi connectivity index (χ2n) is 7.87. The highest BCUT2D eigenvalue weighted by atomic mass is 32.2. The number of amides is 3. The summed E-state index contributed by atoms with van der Waals surface area (Å²) in [6, 6.07) is 6.04. The fraction of sp³-hybridized carbons (Fsp3) is 0.450. The number of hydrogen-bond donors (Lipinski definition) is 1.